The first-order valence-electron chi connectivity index (χ1n) is 8.07. The molecule has 0 spiro atoms. The Labute approximate surface area is 162 Å². The largest absolute Gasteiger partial charge is 0.495 e. The summed E-state index contributed by atoms with van der Waals surface area (Å²) in [5.41, 5.74) is 2.07. The number of hydrogen-bond acceptors (Lipinski definition) is 4. The standard InChI is InChI=1S/C18H21IN2O3S/c1-14-3-6-16(7-4-14)25(22,23)21-11-9-20(10-12-21)17-13-15(19)5-8-18(17)24-2/h3-8,13H,9-12H2,1-2H3. The summed E-state index contributed by atoms with van der Waals surface area (Å²) in [6.07, 6.45) is 0. The number of rotatable bonds is 4. The first-order valence-corrected chi connectivity index (χ1v) is 10.6. The van der Waals surface area contributed by atoms with Crippen molar-refractivity contribution in [3.8, 4) is 5.75 Å². The monoisotopic (exact) mass is 472 g/mol. The molecule has 134 valence electrons. The molecule has 0 radical (unpaired) electrons. The predicted molar refractivity (Wildman–Crippen MR) is 108 cm³/mol. The van der Waals surface area contributed by atoms with Gasteiger partial charge in [0.1, 0.15) is 5.75 Å². The minimum atomic E-state index is -3.43. The number of sulfonamides is 1. The fraction of sp³-hybridized carbons (Fsp3) is 0.333. The molecule has 2 aromatic rings. The van der Waals surface area contributed by atoms with Gasteiger partial charge in [0.25, 0.3) is 0 Å². The van der Waals surface area contributed by atoms with Crippen molar-refractivity contribution in [2.24, 2.45) is 0 Å². The number of methoxy groups -OCH3 is 1. The van der Waals surface area contributed by atoms with Crippen LogP contribution in [0.5, 0.6) is 5.75 Å². The van der Waals surface area contributed by atoms with Gasteiger partial charge >= 0.3 is 0 Å². The predicted octanol–water partition coefficient (Wildman–Crippen LogP) is 3.12. The molecule has 2 aromatic carbocycles. The lowest BCUT2D eigenvalue weighted by Gasteiger charge is -2.36. The van der Waals surface area contributed by atoms with Crippen LogP contribution in [0.4, 0.5) is 5.69 Å². The second-order valence-corrected chi connectivity index (χ2v) is 9.20. The number of hydrogen-bond donors (Lipinski definition) is 0. The molecular formula is C18H21IN2O3S. The third-order valence-corrected chi connectivity index (χ3v) is 6.96. The number of piperazine rings is 1. The maximum atomic E-state index is 12.8. The third-order valence-electron chi connectivity index (χ3n) is 4.38. The van der Waals surface area contributed by atoms with Crippen LogP contribution in [0.15, 0.2) is 47.4 Å². The Morgan fingerprint density at radius 2 is 1.64 bits per heavy atom. The number of benzene rings is 2. The van der Waals surface area contributed by atoms with E-state index in [4.69, 9.17) is 4.74 Å². The van der Waals surface area contributed by atoms with Crippen molar-refractivity contribution in [2.75, 3.05) is 38.2 Å². The Morgan fingerprint density at radius 1 is 1.00 bits per heavy atom. The zero-order valence-corrected chi connectivity index (χ0v) is 17.2. The van der Waals surface area contributed by atoms with Crippen molar-refractivity contribution in [2.45, 2.75) is 11.8 Å². The number of halogens is 1. The molecule has 0 aliphatic carbocycles. The van der Waals surface area contributed by atoms with Gasteiger partial charge in [-0.3, -0.25) is 0 Å². The van der Waals surface area contributed by atoms with Gasteiger partial charge in [-0.05, 0) is 59.8 Å². The smallest absolute Gasteiger partial charge is 0.243 e. The number of ether oxygens (including phenoxy) is 1. The summed E-state index contributed by atoms with van der Waals surface area (Å²) >= 11 is 2.27. The van der Waals surface area contributed by atoms with Crippen LogP contribution in [0.1, 0.15) is 5.56 Å². The van der Waals surface area contributed by atoms with Crippen LogP contribution in [0.25, 0.3) is 0 Å². The van der Waals surface area contributed by atoms with Crippen LogP contribution in [0, 0.1) is 10.5 Å². The lowest BCUT2D eigenvalue weighted by Crippen LogP contribution is -2.48. The summed E-state index contributed by atoms with van der Waals surface area (Å²) in [6, 6.07) is 13.1. The van der Waals surface area contributed by atoms with Gasteiger partial charge in [0, 0.05) is 29.7 Å². The van der Waals surface area contributed by atoms with Crippen molar-refractivity contribution in [1.82, 2.24) is 4.31 Å². The van der Waals surface area contributed by atoms with Gasteiger partial charge in [0.2, 0.25) is 10.0 Å². The van der Waals surface area contributed by atoms with Gasteiger partial charge in [-0.1, -0.05) is 17.7 Å². The van der Waals surface area contributed by atoms with Crippen molar-refractivity contribution < 1.29 is 13.2 Å². The molecule has 1 fully saturated rings. The Balaban J connectivity index is 1.76. The summed E-state index contributed by atoms with van der Waals surface area (Å²) in [4.78, 5) is 2.54. The molecule has 1 saturated heterocycles. The zero-order valence-electron chi connectivity index (χ0n) is 14.3. The molecule has 3 rings (SSSR count). The van der Waals surface area contributed by atoms with E-state index in [-0.39, 0.29) is 0 Å². The van der Waals surface area contributed by atoms with Crippen LogP contribution in [0.2, 0.25) is 0 Å². The maximum Gasteiger partial charge on any atom is 0.243 e. The van der Waals surface area contributed by atoms with Crippen LogP contribution in [-0.4, -0.2) is 46.0 Å². The van der Waals surface area contributed by atoms with Gasteiger partial charge in [-0.25, -0.2) is 8.42 Å². The molecule has 0 saturated carbocycles. The van der Waals surface area contributed by atoms with Gasteiger partial charge in [0.15, 0.2) is 0 Å². The van der Waals surface area contributed by atoms with E-state index in [2.05, 4.69) is 33.6 Å². The summed E-state index contributed by atoms with van der Waals surface area (Å²) < 4.78 is 33.7. The molecule has 0 bridgehead atoms. The molecule has 25 heavy (non-hydrogen) atoms. The minimum Gasteiger partial charge on any atom is -0.495 e. The number of aryl methyl sites for hydroxylation is 1. The highest BCUT2D eigenvalue weighted by Crippen LogP contribution is 2.31. The molecule has 5 nitrogen and oxygen atoms in total. The fourth-order valence-electron chi connectivity index (χ4n) is 2.94. The van der Waals surface area contributed by atoms with E-state index in [1.54, 1.807) is 23.5 Å². The summed E-state index contributed by atoms with van der Waals surface area (Å²) in [5.74, 6) is 0.815. The molecule has 7 heteroatoms. The van der Waals surface area contributed by atoms with E-state index in [0.717, 1.165) is 20.6 Å². The average Bonchev–Trinajstić information content (AvgIpc) is 2.62. The van der Waals surface area contributed by atoms with Gasteiger partial charge in [0.05, 0.1) is 17.7 Å². The Morgan fingerprint density at radius 3 is 2.24 bits per heavy atom. The normalized spacial score (nSPS) is 16.0. The Hall–Kier alpha value is -1.32. The zero-order chi connectivity index (χ0) is 18.0. The van der Waals surface area contributed by atoms with Crippen LogP contribution < -0.4 is 9.64 Å². The van der Waals surface area contributed by atoms with E-state index in [9.17, 15) is 8.42 Å². The molecule has 1 aliphatic heterocycles. The summed E-state index contributed by atoms with van der Waals surface area (Å²) in [7, 11) is -1.78. The van der Waals surface area contributed by atoms with Gasteiger partial charge < -0.3 is 9.64 Å². The first-order chi connectivity index (χ1) is 11.9. The summed E-state index contributed by atoms with van der Waals surface area (Å²) in [5, 5.41) is 0. The first kappa shape index (κ1) is 18.5. The van der Waals surface area contributed by atoms with Crippen LogP contribution >= 0.6 is 22.6 Å². The summed E-state index contributed by atoms with van der Waals surface area (Å²) in [6.45, 7) is 4.16. The number of nitrogens with zero attached hydrogens (tertiary/aromatic N) is 2. The molecule has 0 amide bonds. The van der Waals surface area contributed by atoms with E-state index in [1.165, 1.54) is 0 Å². The molecule has 1 heterocycles. The van der Waals surface area contributed by atoms with E-state index >= 15 is 0 Å². The number of anilines is 1. The Bertz CT molecular complexity index is 845. The highest BCUT2D eigenvalue weighted by Gasteiger charge is 2.29. The van der Waals surface area contributed by atoms with E-state index < -0.39 is 10.0 Å². The maximum absolute atomic E-state index is 12.8. The second kappa shape index (κ2) is 7.51. The van der Waals surface area contributed by atoms with Gasteiger partial charge in [-0.2, -0.15) is 4.31 Å². The van der Waals surface area contributed by atoms with E-state index in [1.807, 2.05) is 31.2 Å². The third kappa shape index (κ3) is 3.93. The van der Waals surface area contributed by atoms with Crippen molar-refractivity contribution in [1.29, 1.82) is 0 Å². The topological polar surface area (TPSA) is 49.9 Å². The van der Waals surface area contributed by atoms with Gasteiger partial charge in [-0.15, -0.1) is 0 Å². The molecule has 0 unspecified atom stereocenters. The second-order valence-electron chi connectivity index (χ2n) is 6.02. The lowest BCUT2D eigenvalue weighted by molar-refractivity contribution is 0.378. The SMILES string of the molecule is COc1ccc(I)cc1N1CCN(S(=O)(=O)c2ccc(C)cc2)CC1. The molecule has 0 aromatic heterocycles. The van der Waals surface area contributed by atoms with Crippen LogP contribution in [-0.2, 0) is 10.0 Å². The molecular weight excluding hydrogens is 451 g/mol. The van der Waals surface area contributed by atoms with Crippen LogP contribution in [0.3, 0.4) is 0 Å². The molecule has 1 aliphatic rings. The Kier molecular flexibility index (Phi) is 5.55. The van der Waals surface area contributed by atoms with E-state index in [0.29, 0.717) is 31.1 Å². The lowest BCUT2D eigenvalue weighted by atomic mass is 10.2. The van der Waals surface area contributed by atoms with Crippen molar-refractivity contribution in [3.63, 3.8) is 0 Å². The highest BCUT2D eigenvalue weighted by molar-refractivity contribution is 14.1. The molecule has 0 N–H and O–H groups in total. The average molecular weight is 472 g/mol. The quantitative estimate of drug-likeness (QED) is 0.642. The molecule has 0 atom stereocenters. The minimum absolute atomic E-state index is 0.360. The van der Waals surface area contributed by atoms with Crippen molar-refractivity contribution in [3.05, 3.63) is 51.6 Å². The fourth-order valence-corrected chi connectivity index (χ4v) is 4.84. The van der Waals surface area contributed by atoms with Crippen molar-refractivity contribution >= 4 is 38.3 Å². The highest BCUT2D eigenvalue weighted by atomic mass is 127.